The predicted molar refractivity (Wildman–Crippen MR) is 185 cm³/mol. The molecule has 0 aliphatic rings. The molecule has 0 amide bonds. The first-order valence-electron chi connectivity index (χ1n) is 15.6. The minimum atomic E-state index is -1.24. The fraction of sp³-hybridized carbons (Fsp3) is 0.412. The van der Waals surface area contributed by atoms with Crippen LogP contribution in [0.25, 0.3) is 33.2 Å². The van der Waals surface area contributed by atoms with Gasteiger partial charge in [0.15, 0.2) is 0 Å². The van der Waals surface area contributed by atoms with E-state index in [-0.39, 0.29) is 37.1 Å². The molecule has 15 heteroatoms. The fourth-order valence-electron chi connectivity index (χ4n) is 5.00. The van der Waals surface area contributed by atoms with Gasteiger partial charge in [-0.25, -0.2) is 21.3 Å². The van der Waals surface area contributed by atoms with Gasteiger partial charge < -0.3 is 46.2 Å². The number of hydrogen-bond donors (Lipinski definition) is 7. The van der Waals surface area contributed by atoms with Crippen molar-refractivity contribution in [1.82, 2.24) is 15.0 Å². The summed E-state index contributed by atoms with van der Waals surface area (Å²) in [7, 11) is 0. The van der Waals surface area contributed by atoms with E-state index in [1.807, 2.05) is 12.1 Å². The van der Waals surface area contributed by atoms with Crippen molar-refractivity contribution in [3.8, 4) is 0 Å². The Kier molecular flexibility index (Phi) is 11.9. The lowest BCUT2D eigenvalue weighted by Gasteiger charge is -2.24. The maximum atomic E-state index is 12.1. The lowest BCUT2D eigenvalue weighted by molar-refractivity contribution is -0.157. The summed E-state index contributed by atoms with van der Waals surface area (Å²) in [6, 6.07) is 8.26. The first-order valence-corrected chi connectivity index (χ1v) is 15.6. The number of nitrogens with two attached hydrogens (primary N) is 4. The Morgan fingerprint density at radius 1 is 0.714 bits per heavy atom. The summed E-state index contributed by atoms with van der Waals surface area (Å²) in [6.45, 7) is 10.3. The molecule has 0 bridgehead atoms. The molecule has 0 saturated carbocycles. The van der Waals surface area contributed by atoms with Crippen LogP contribution in [0.2, 0.25) is 0 Å². The van der Waals surface area contributed by atoms with Gasteiger partial charge in [-0.2, -0.15) is 0 Å². The van der Waals surface area contributed by atoms with Crippen LogP contribution in [-0.4, -0.2) is 72.4 Å². The zero-order valence-electron chi connectivity index (χ0n) is 28.6. The van der Waals surface area contributed by atoms with Crippen LogP contribution in [0.15, 0.2) is 48.8 Å². The number of nitrogens with one attached hydrogen (secondary N) is 1. The van der Waals surface area contributed by atoms with Gasteiger partial charge in [0.2, 0.25) is 0 Å². The Hall–Kier alpha value is -5.28. The second-order valence-electron chi connectivity index (χ2n) is 13.7. The molecule has 266 valence electrons. The highest BCUT2D eigenvalue weighted by Gasteiger charge is 2.26. The smallest absolute Gasteiger partial charge is 0.327 e. The van der Waals surface area contributed by atoms with E-state index in [1.54, 1.807) is 65.8 Å². The Balaban J connectivity index is 1.84. The van der Waals surface area contributed by atoms with Crippen molar-refractivity contribution in [3.63, 3.8) is 0 Å². The van der Waals surface area contributed by atoms with E-state index in [1.165, 1.54) is 12.4 Å². The van der Waals surface area contributed by atoms with E-state index in [4.69, 9.17) is 32.6 Å². The molecule has 11 N–H and O–H groups in total. The minimum Gasteiger partial charge on any atom is -0.480 e. The Labute approximate surface area is 284 Å². The van der Waals surface area contributed by atoms with Crippen molar-refractivity contribution in [1.29, 1.82) is 0 Å². The van der Waals surface area contributed by atoms with E-state index in [0.29, 0.717) is 11.1 Å². The number of aromatic nitrogens is 1. The summed E-state index contributed by atoms with van der Waals surface area (Å²) < 4.78 is 10.5. The van der Waals surface area contributed by atoms with Gasteiger partial charge in [0, 0.05) is 47.0 Å². The highest BCUT2D eigenvalue weighted by Crippen LogP contribution is 2.30. The zero-order valence-corrected chi connectivity index (χ0v) is 28.6. The van der Waals surface area contributed by atoms with Crippen LogP contribution in [0, 0.1) is 0 Å². The number of hydrogen-bond acceptors (Lipinski definition) is 12. The minimum absolute atomic E-state index is 0.0963. The number of ether oxygens (including phenoxy) is 2. The molecule has 2 aromatic carbocycles. The van der Waals surface area contributed by atoms with E-state index < -0.39 is 47.2 Å². The maximum absolute atomic E-state index is 12.1. The van der Waals surface area contributed by atoms with Crippen LogP contribution < -0.4 is 23.2 Å². The van der Waals surface area contributed by atoms with Gasteiger partial charge >= 0.3 is 23.9 Å². The van der Waals surface area contributed by atoms with Gasteiger partial charge in [0.1, 0.15) is 23.3 Å². The lowest BCUT2D eigenvalue weighted by Crippen LogP contribution is -2.43. The van der Waals surface area contributed by atoms with Crippen molar-refractivity contribution >= 4 is 57.1 Å². The summed E-state index contributed by atoms with van der Waals surface area (Å²) in [4.78, 5) is 51.5. The third-order valence-corrected chi connectivity index (χ3v) is 7.22. The summed E-state index contributed by atoms with van der Waals surface area (Å²) in [6.07, 6.45) is 2.10. The van der Waals surface area contributed by atoms with Crippen molar-refractivity contribution in [3.05, 3.63) is 59.9 Å². The Morgan fingerprint density at radius 3 is 1.37 bits per heavy atom. The molecular weight excluding hydrogens is 634 g/mol. The SMILES string of the molecule is CC(C)(C)OC(=O)CCC(C(=O)O)N(N)/C=C(\N)c1ccc2[nH]c3ccc(/C(N)=C/N(N)C(CCC(=O)OC(C)(C)C)C(=O)O)cc3c2c1. The normalized spacial score (nSPS) is 14.0. The number of nitrogens with zero attached hydrogens (tertiary/aromatic N) is 2. The average molecular weight is 682 g/mol. The molecule has 0 saturated heterocycles. The first-order chi connectivity index (χ1) is 22.6. The molecule has 1 aromatic heterocycles. The number of aliphatic carboxylic acids is 2. The molecule has 3 rings (SSSR count). The number of carboxylic acids is 2. The van der Waals surface area contributed by atoms with Crippen molar-refractivity contribution in [2.24, 2.45) is 23.2 Å². The highest BCUT2D eigenvalue weighted by atomic mass is 16.6. The summed E-state index contributed by atoms with van der Waals surface area (Å²) in [5.74, 6) is 8.64. The number of H-pyrrole nitrogens is 1. The first kappa shape index (κ1) is 38.2. The summed E-state index contributed by atoms with van der Waals surface area (Å²) in [5, 5.41) is 23.0. The average Bonchev–Trinajstić information content (AvgIpc) is 3.32. The molecule has 49 heavy (non-hydrogen) atoms. The Bertz CT molecular complexity index is 1640. The number of hydrazine groups is 2. The summed E-state index contributed by atoms with van der Waals surface area (Å²) >= 11 is 0. The number of fused-ring (bicyclic) bond motifs is 3. The van der Waals surface area contributed by atoms with Gasteiger partial charge in [-0.1, -0.05) is 12.1 Å². The Morgan fingerprint density at radius 2 is 1.06 bits per heavy atom. The second-order valence-corrected chi connectivity index (χ2v) is 13.7. The fourth-order valence-corrected chi connectivity index (χ4v) is 5.00. The molecular formula is C34H47N7O8. The summed E-state index contributed by atoms with van der Waals surface area (Å²) in [5.41, 5.74) is 14.3. The van der Waals surface area contributed by atoms with E-state index in [9.17, 15) is 29.4 Å². The van der Waals surface area contributed by atoms with Gasteiger partial charge in [-0.05, 0) is 89.8 Å². The molecule has 1 heterocycles. The van der Waals surface area contributed by atoms with Gasteiger partial charge in [0.05, 0.1) is 11.4 Å². The number of carbonyl (C=O) groups is 4. The van der Waals surface area contributed by atoms with Crippen LogP contribution in [0.3, 0.4) is 0 Å². The largest absolute Gasteiger partial charge is 0.480 e. The molecule has 2 unspecified atom stereocenters. The molecule has 15 nitrogen and oxygen atoms in total. The van der Waals surface area contributed by atoms with Crippen LogP contribution in [0.5, 0.6) is 0 Å². The van der Waals surface area contributed by atoms with Crippen molar-refractivity contribution in [2.75, 3.05) is 0 Å². The number of esters is 2. The maximum Gasteiger partial charge on any atom is 0.327 e. The number of benzene rings is 2. The van der Waals surface area contributed by atoms with E-state index in [2.05, 4.69) is 4.98 Å². The van der Waals surface area contributed by atoms with Crippen molar-refractivity contribution < 1.29 is 38.9 Å². The van der Waals surface area contributed by atoms with Gasteiger partial charge in [-0.3, -0.25) is 9.59 Å². The monoisotopic (exact) mass is 681 g/mol. The van der Waals surface area contributed by atoms with E-state index >= 15 is 0 Å². The van der Waals surface area contributed by atoms with E-state index in [0.717, 1.165) is 31.8 Å². The molecule has 3 aromatic rings. The molecule has 0 aliphatic carbocycles. The topological polar surface area (TPSA) is 254 Å². The van der Waals surface area contributed by atoms with Crippen LogP contribution in [0.1, 0.15) is 78.4 Å². The molecule has 0 spiro atoms. The van der Waals surface area contributed by atoms with Crippen LogP contribution >= 0.6 is 0 Å². The third-order valence-electron chi connectivity index (χ3n) is 7.22. The molecule has 0 fully saturated rings. The molecule has 2 atom stereocenters. The highest BCUT2D eigenvalue weighted by molar-refractivity contribution is 6.08. The zero-order chi connectivity index (χ0) is 36.8. The number of rotatable bonds is 14. The molecule has 0 aliphatic heterocycles. The lowest BCUT2D eigenvalue weighted by atomic mass is 10.0. The van der Waals surface area contributed by atoms with Crippen LogP contribution in [0.4, 0.5) is 0 Å². The number of carbonyl (C=O) groups excluding carboxylic acids is 2. The number of carboxylic acid groups (broad SMARTS) is 2. The van der Waals surface area contributed by atoms with Crippen molar-refractivity contribution in [2.45, 2.75) is 90.5 Å². The predicted octanol–water partition coefficient (Wildman–Crippen LogP) is 3.34. The standard InChI is InChI=1S/C34H47N7O8/c1-33(2,3)48-29(42)13-11-27(31(44)45)40(37)17-23(35)19-7-9-25-21(15-19)22-16-20(8-10-26(22)39-25)24(36)18-41(38)28(32(46)47)12-14-30(43)49-34(4,5)6/h7-10,15-18,27-28,39H,11-14,35-38H2,1-6H3,(H,44,45)(H,46,47)/b23-17-,24-18-. The second kappa shape index (κ2) is 15.3. The van der Waals surface area contributed by atoms with Gasteiger partial charge in [-0.15, -0.1) is 0 Å². The molecule has 0 radical (unpaired) electrons. The quantitative estimate of drug-likeness (QED) is 0.0732. The number of aromatic amines is 1. The van der Waals surface area contributed by atoms with Gasteiger partial charge in [0.25, 0.3) is 0 Å². The van der Waals surface area contributed by atoms with Crippen LogP contribution in [-0.2, 0) is 28.7 Å². The third kappa shape index (κ3) is 10.9.